The molecule has 0 radical (unpaired) electrons. The summed E-state index contributed by atoms with van der Waals surface area (Å²) in [5, 5.41) is 0. The van der Waals surface area contributed by atoms with Crippen molar-refractivity contribution in [1.29, 1.82) is 0 Å². The van der Waals surface area contributed by atoms with Crippen LogP contribution in [-0.2, 0) is 11.3 Å². The Morgan fingerprint density at radius 1 is 1.04 bits per heavy atom. The molecule has 0 N–H and O–H groups in total. The molecule has 1 saturated heterocycles. The quantitative estimate of drug-likeness (QED) is 0.782. The van der Waals surface area contributed by atoms with Crippen molar-refractivity contribution in [3.8, 4) is 0 Å². The van der Waals surface area contributed by atoms with Crippen molar-refractivity contribution in [2.45, 2.75) is 18.4 Å². The Bertz CT molecular complexity index is 716. The van der Waals surface area contributed by atoms with Gasteiger partial charge in [0.1, 0.15) is 0 Å². The molecule has 0 spiro atoms. The van der Waals surface area contributed by atoms with Crippen molar-refractivity contribution in [2.75, 3.05) is 18.8 Å². The minimum Gasteiger partial charge on any atom is -0.318 e. The van der Waals surface area contributed by atoms with E-state index in [9.17, 15) is 9.59 Å². The van der Waals surface area contributed by atoms with Gasteiger partial charge in [0.25, 0.3) is 0 Å². The van der Waals surface area contributed by atoms with Gasteiger partial charge in [-0.2, -0.15) is 0 Å². The second-order valence-corrected chi connectivity index (χ2v) is 6.89. The van der Waals surface area contributed by atoms with Crippen LogP contribution < -0.4 is 0 Å². The number of urea groups is 1. The fourth-order valence-electron chi connectivity index (χ4n) is 2.62. The number of aryl methyl sites for hydroxylation is 1. The van der Waals surface area contributed by atoms with Crippen LogP contribution in [0.4, 0.5) is 4.79 Å². The second-order valence-electron chi connectivity index (χ2n) is 5.84. The molecule has 1 fully saturated rings. The lowest BCUT2D eigenvalue weighted by Crippen LogP contribution is -2.37. The fraction of sp³-hybridized carbons (Fsp3) is 0.263. The maximum atomic E-state index is 12.4. The lowest BCUT2D eigenvalue weighted by molar-refractivity contribution is -0.124. The van der Waals surface area contributed by atoms with Crippen molar-refractivity contribution < 1.29 is 9.59 Å². The topological polar surface area (TPSA) is 40.6 Å². The number of carbonyl (C=O) groups is 2. The average Bonchev–Trinajstić information content (AvgIpc) is 2.96. The van der Waals surface area contributed by atoms with E-state index in [2.05, 4.69) is 0 Å². The minimum atomic E-state index is -0.187. The van der Waals surface area contributed by atoms with Crippen LogP contribution in [0, 0.1) is 6.92 Å². The summed E-state index contributed by atoms with van der Waals surface area (Å²) in [6.45, 7) is 3.64. The number of benzene rings is 2. The number of rotatable bonds is 5. The molecule has 1 aliphatic rings. The van der Waals surface area contributed by atoms with Gasteiger partial charge in [-0.05, 0) is 24.6 Å². The van der Waals surface area contributed by atoms with Gasteiger partial charge < -0.3 is 4.90 Å². The summed E-state index contributed by atoms with van der Waals surface area (Å²) in [6.07, 6.45) is 0. The number of imide groups is 1. The molecule has 2 aromatic carbocycles. The van der Waals surface area contributed by atoms with Crippen molar-refractivity contribution in [3.05, 3.63) is 65.7 Å². The van der Waals surface area contributed by atoms with Gasteiger partial charge >= 0.3 is 6.03 Å². The Hall–Kier alpha value is -2.27. The first-order valence-corrected chi connectivity index (χ1v) is 8.95. The van der Waals surface area contributed by atoms with E-state index in [-0.39, 0.29) is 17.7 Å². The first-order chi connectivity index (χ1) is 11.6. The minimum absolute atomic E-state index is 0.124. The molecule has 0 unspecified atom stereocenters. The van der Waals surface area contributed by atoms with Gasteiger partial charge in [0.05, 0.1) is 5.75 Å². The van der Waals surface area contributed by atoms with E-state index < -0.39 is 0 Å². The van der Waals surface area contributed by atoms with Crippen LogP contribution in [-0.4, -0.2) is 40.6 Å². The van der Waals surface area contributed by atoms with Gasteiger partial charge in [0, 0.05) is 24.5 Å². The summed E-state index contributed by atoms with van der Waals surface area (Å²) in [5.74, 6) is 0.162. The summed E-state index contributed by atoms with van der Waals surface area (Å²) in [4.78, 5) is 28.9. The number of hydrogen-bond donors (Lipinski definition) is 0. The first kappa shape index (κ1) is 16.6. The van der Waals surface area contributed by atoms with Gasteiger partial charge in [0.2, 0.25) is 5.91 Å². The summed E-state index contributed by atoms with van der Waals surface area (Å²) >= 11 is 1.47. The van der Waals surface area contributed by atoms with Crippen LogP contribution >= 0.6 is 11.8 Å². The van der Waals surface area contributed by atoms with Crippen LogP contribution in [0.5, 0.6) is 0 Å². The predicted octanol–water partition coefficient (Wildman–Crippen LogP) is 3.55. The van der Waals surface area contributed by atoms with Crippen LogP contribution in [0.25, 0.3) is 0 Å². The van der Waals surface area contributed by atoms with E-state index in [0.29, 0.717) is 19.6 Å². The summed E-state index contributed by atoms with van der Waals surface area (Å²) in [7, 11) is 0. The number of thioether (sulfide) groups is 1. The van der Waals surface area contributed by atoms with Crippen molar-refractivity contribution in [3.63, 3.8) is 0 Å². The Kier molecular flexibility index (Phi) is 5.20. The third-order valence-corrected chi connectivity index (χ3v) is 4.99. The second kappa shape index (κ2) is 7.53. The molecule has 1 aliphatic heterocycles. The molecule has 4 nitrogen and oxygen atoms in total. The van der Waals surface area contributed by atoms with Gasteiger partial charge in [-0.25, -0.2) is 4.79 Å². The lowest BCUT2D eigenvalue weighted by Gasteiger charge is -2.17. The summed E-state index contributed by atoms with van der Waals surface area (Å²) in [5.41, 5.74) is 2.27. The monoisotopic (exact) mass is 340 g/mol. The van der Waals surface area contributed by atoms with E-state index in [0.717, 1.165) is 10.5 Å². The molecule has 3 rings (SSSR count). The van der Waals surface area contributed by atoms with Crippen molar-refractivity contribution in [1.82, 2.24) is 9.80 Å². The van der Waals surface area contributed by atoms with Crippen LogP contribution in [0.2, 0.25) is 0 Å². The molecule has 2 aromatic rings. The molecule has 0 atom stereocenters. The zero-order valence-corrected chi connectivity index (χ0v) is 14.5. The fourth-order valence-corrected chi connectivity index (χ4v) is 3.40. The lowest BCUT2D eigenvalue weighted by atomic mass is 10.2. The van der Waals surface area contributed by atoms with Gasteiger partial charge in [0.15, 0.2) is 0 Å². The van der Waals surface area contributed by atoms with Crippen molar-refractivity contribution in [2.24, 2.45) is 0 Å². The highest BCUT2D eigenvalue weighted by Crippen LogP contribution is 2.20. The zero-order chi connectivity index (χ0) is 16.9. The molecule has 3 amide bonds. The third kappa shape index (κ3) is 3.97. The van der Waals surface area contributed by atoms with Crippen LogP contribution in [0.15, 0.2) is 59.5 Å². The molecule has 0 saturated carbocycles. The maximum Gasteiger partial charge on any atom is 0.327 e. The smallest absolute Gasteiger partial charge is 0.318 e. The number of amides is 3. The zero-order valence-electron chi connectivity index (χ0n) is 13.6. The number of nitrogens with zero attached hydrogens (tertiary/aromatic N) is 2. The van der Waals surface area contributed by atoms with Gasteiger partial charge in [-0.15, -0.1) is 11.8 Å². The third-order valence-electron chi connectivity index (χ3n) is 4.00. The molecule has 0 bridgehead atoms. The van der Waals surface area contributed by atoms with Gasteiger partial charge in [-0.1, -0.05) is 48.0 Å². The normalized spacial score (nSPS) is 14.3. The molecule has 124 valence electrons. The molecular weight excluding hydrogens is 320 g/mol. The van der Waals surface area contributed by atoms with Gasteiger partial charge in [-0.3, -0.25) is 9.69 Å². The Balaban J connectivity index is 1.54. The standard InChI is InChI=1S/C19H20N2O2S/c1-15-7-9-17(10-8-15)24-14-18(22)21-12-11-20(19(21)23)13-16-5-3-2-4-6-16/h2-10H,11-14H2,1H3. The van der Waals surface area contributed by atoms with E-state index >= 15 is 0 Å². The number of hydrogen-bond acceptors (Lipinski definition) is 3. The van der Waals surface area contributed by atoms with Crippen LogP contribution in [0.1, 0.15) is 11.1 Å². The summed E-state index contributed by atoms with van der Waals surface area (Å²) in [6, 6.07) is 17.7. The molecule has 0 aromatic heterocycles. The highest BCUT2D eigenvalue weighted by Gasteiger charge is 2.32. The van der Waals surface area contributed by atoms with Crippen molar-refractivity contribution >= 4 is 23.7 Å². The predicted molar refractivity (Wildman–Crippen MR) is 95.9 cm³/mol. The highest BCUT2D eigenvalue weighted by atomic mass is 32.2. The molecular formula is C19H20N2O2S. The largest absolute Gasteiger partial charge is 0.327 e. The molecule has 24 heavy (non-hydrogen) atoms. The van der Waals surface area contributed by atoms with E-state index in [1.165, 1.54) is 22.2 Å². The van der Waals surface area contributed by atoms with E-state index in [4.69, 9.17) is 0 Å². The molecule has 0 aliphatic carbocycles. The number of carbonyl (C=O) groups excluding carboxylic acids is 2. The Morgan fingerprint density at radius 2 is 1.75 bits per heavy atom. The molecule has 1 heterocycles. The summed E-state index contributed by atoms with van der Waals surface area (Å²) < 4.78 is 0. The highest BCUT2D eigenvalue weighted by molar-refractivity contribution is 8.00. The van der Waals surface area contributed by atoms with E-state index in [1.54, 1.807) is 4.90 Å². The Morgan fingerprint density at radius 3 is 2.46 bits per heavy atom. The SMILES string of the molecule is Cc1ccc(SCC(=O)N2CCN(Cc3ccccc3)C2=O)cc1. The molecule has 5 heteroatoms. The maximum absolute atomic E-state index is 12.4. The average molecular weight is 340 g/mol. The van der Waals surface area contributed by atoms with E-state index in [1.807, 2.05) is 61.5 Å². The van der Waals surface area contributed by atoms with Crippen LogP contribution in [0.3, 0.4) is 0 Å². The Labute approximate surface area is 146 Å². The first-order valence-electron chi connectivity index (χ1n) is 7.96.